The molecular formula is C11H11BrFNO3S. The zero-order chi connectivity index (χ0) is 13.5. The van der Waals surface area contributed by atoms with Crippen LogP contribution in [0, 0.1) is 5.82 Å². The molecule has 0 fully saturated rings. The van der Waals surface area contributed by atoms with Crippen LogP contribution in [0.4, 0.5) is 4.39 Å². The fraction of sp³-hybridized carbons (Fsp3) is 0.273. The lowest BCUT2D eigenvalue weighted by atomic mass is 10.2. The van der Waals surface area contributed by atoms with Crippen LogP contribution in [-0.2, 0) is 4.79 Å². The van der Waals surface area contributed by atoms with Gasteiger partial charge in [-0.3, -0.25) is 9.59 Å². The maximum absolute atomic E-state index is 13.0. The highest BCUT2D eigenvalue weighted by Gasteiger charge is 2.10. The van der Waals surface area contributed by atoms with E-state index in [2.05, 4.69) is 21.2 Å². The molecule has 18 heavy (non-hydrogen) atoms. The maximum Gasteiger partial charge on any atom is 0.313 e. The van der Waals surface area contributed by atoms with Crippen LogP contribution in [0.2, 0.25) is 0 Å². The molecule has 7 heteroatoms. The second kappa shape index (κ2) is 7.38. The van der Waals surface area contributed by atoms with Crippen LogP contribution in [0.25, 0.3) is 0 Å². The summed E-state index contributed by atoms with van der Waals surface area (Å²) < 4.78 is 13.5. The summed E-state index contributed by atoms with van der Waals surface area (Å²) in [5, 5.41) is 11.0. The Hall–Kier alpha value is -1.08. The Morgan fingerprint density at radius 3 is 2.83 bits per heavy atom. The fourth-order valence-electron chi connectivity index (χ4n) is 1.16. The van der Waals surface area contributed by atoms with Crippen LogP contribution in [0.5, 0.6) is 0 Å². The van der Waals surface area contributed by atoms with Crippen LogP contribution < -0.4 is 5.32 Å². The Bertz CT molecular complexity index is 456. The van der Waals surface area contributed by atoms with Crippen molar-refractivity contribution in [3.63, 3.8) is 0 Å². The summed E-state index contributed by atoms with van der Waals surface area (Å²) >= 11 is 4.37. The van der Waals surface area contributed by atoms with E-state index in [0.29, 0.717) is 16.8 Å². The molecule has 0 aliphatic heterocycles. The van der Waals surface area contributed by atoms with Crippen molar-refractivity contribution in [3.8, 4) is 0 Å². The molecular weight excluding hydrogens is 325 g/mol. The van der Waals surface area contributed by atoms with Gasteiger partial charge >= 0.3 is 5.97 Å². The van der Waals surface area contributed by atoms with Gasteiger partial charge in [-0.2, -0.15) is 0 Å². The molecule has 0 aromatic heterocycles. The smallest absolute Gasteiger partial charge is 0.313 e. The summed E-state index contributed by atoms with van der Waals surface area (Å²) in [6.45, 7) is 0.333. The molecule has 0 saturated carbocycles. The molecule has 1 amide bonds. The number of carboxylic acids is 1. The zero-order valence-electron chi connectivity index (χ0n) is 9.28. The van der Waals surface area contributed by atoms with Crippen LogP contribution in [0.3, 0.4) is 0 Å². The fourth-order valence-corrected chi connectivity index (χ4v) is 2.15. The summed E-state index contributed by atoms with van der Waals surface area (Å²) in [6, 6.07) is 3.86. The number of carboxylic acid groups (broad SMARTS) is 1. The van der Waals surface area contributed by atoms with Crippen molar-refractivity contribution in [1.82, 2.24) is 5.32 Å². The number of nitrogens with one attached hydrogen (secondary N) is 1. The minimum absolute atomic E-state index is 0.000466. The van der Waals surface area contributed by atoms with Gasteiger partial charge in [0.1, 0.15) is 5.82 Å². The third kappa shape index (κ3) is 5.05. The summed E-state index contributed by atoms with van der Waals surface area (Å²) in [4.78, 5) is 21.9. The standard InChI is InChI=1S/C11H11BrFNO3S/c12-9-2-1-7(13)5-8(9)11(17)14-3-4-18-6-10(15)16/h1-2,5H,3-4,6H2,(H,14,17)(H,15,16). The molecule has 4 nitrogen and oxygen atoms in total. The molecule has 98 valence electrons. The van der Waals surface area contributed by atoms with Crippen molar-refractivity contribution in [1.29, 1.82) is 0 Å². The van der Waals surface area contributed by atoms with E-state index in [1.807, 2.05) is 0 Å². The minimum Gasteiger partial charge on any atom is -0.481 e. The number of benzene rings is 1. The molecule has 0 atom stereocenters. The number of hydrogen-bond acceptors (Lipinski definition) is 3. The van der Waals surface area contributed by atoms with E-state index in [1.54, 1.807) is 0 Å². The normalized spacial score (nSPS) is 10.1. The van der Waals surface area contributed by atoms with Gasteiger partial charge in [0.25, 0.3) is 5.91 Å². The van der Waals surface area contributed by atoms with Gasteiger partial charge in [0.15, 0.2) is 0 Å². The first-order chi connectivity index (χ1) is 8.50. The highest BCUT2D eigenvalue weighted by Crippen LogP contribution is 2.17. The second-order valence-electron chi connectivity index (χ2n) is 3.33. The first-order valence-electron chi connectivity index (χ1n) is 5.03. The molecule has 0 spiro atoms. The van der Waals surface area contributed by atoms with Crippen molar-refractivity contribution < 1.29 is 19.1 Å². The third-order valence-corrected chi connectivity index (χ3v) is 3.57. The quantitative estimate of drug-likeness (QED) is 0.781. The van der Waals surface area contributed by atoms with Gasteiger partial charge in [0.05, 0.1) is 11.3 Å². The molecule has 2 N–H and O–H groups in total. The lowest BCUT2D eigenvalue weighted by Crippen LogP contribution is -2.26. The first kappa shape index (κ1) is 15.0. The Balaban J connectivity index is 2.41. The van der Waals surface area contributed by atoms with E-state index in [9.17, 15) is 14.0 Å². The Kier molecular flexibility index (Phi) is 6.14. The molecule has 0 saturated heterocycles. The van der Waals surface area contributed by atoms with Crippen molar-refractivity contribution in [2.24, 2.45) is 0 Å². The van der Waals surface area contributed by atoms with Crippen LogP contribution in [0.1, 0.15) is 10.4 Å². The highest BCUT2D eigenvalue weighted by molar-refractivity contribution is 9.10. The summed E-state index contributed by atoms with van der Waals surface area (Å²) in [7, 11) is 0. The van der Waals surface area contributed by atoms with E-state index in [4.69, 9.17) is 5.11 Å². The molecule has 0 unspecified atom stereocenters. The SMILES string of the molecule is O=C(O)CSCCNC(=O)c1cc(F)ccc1Br. The largest absolute Gasteiger partial charge is 0.481 e. The lowest BCUT2D eigenvalue weighted by molar-refractivity contribution is -0.133. The van der Waals surface area contributed by atoms with E-state index >= 15 is 0 Å². The van der Waals surface area contributed by atoms with Gasteiger partial charge in [-0.05, 0) is 34.1 Å². The summed E-state index contributed by atoms with van der Waals surface area (Å²) in [5.41, 5.74) is 0.221. The number of carbonyl (C=O) groups excluding carboxylic acids is 1. The molecule has 0 bridgehead atoms. The summed E-state index contributed by atoms with van der Waals surface area (Å²) in [5.74, 6) is -1.27. The third-order valence-electron chi connectivity index (χ3n) is 1.93. The molecule has 1 aromatic carbocycles. The number of hydrogen-bond donors (Lipinski definition) is 2. The zero-order valence-corrected chi connectivity index (χ0v) is 11.7. The summed E-state index contributed by atoms with van der Waals surface area (Å²) in [6.07, 6.45) is 0. The van der Waals surface area contributed by atoms with Crippen molar-refractivity contribution >= 4 is 39.6 Å². The average Bonchev–Trinajstić information content (AvgIpc) is 2.31. The van der Waals surface area contributed by atoms with Gasteiger partial charge < -0.3 is 10.4 Å². The number of amides is 1. The lowest BCUT2D eigenvalue weighted by Gasteiger charge is -2.06. The van der Waals surface area contributed by atoms with Gasteiger partial charge in [-0.25, -0.2) is 4.39 Å². The van der Waals surface area contributed by atoms with E-state index < -0.39 is 17.7 Å². The Morgan fingerprint density at radius 1 is 1.44 bits per heavy atom. The van der Waals surface area contributed by atoms with Gasteiger partial charge in [0, 0.05) is 16.8 Å². The number of thioether (sulfide) groups is 1. The predicted octanol–water partition coefficient (Wildman–Crippen LogP) is 2.14. The molecule has 0 heterocycles. The topological polar surface area (TPSA) is 66.4 Å². The average molecular weight is 336 g/mol. The molecule has 1 rings (SSSR count). The van der Waals surface area contributed by atoms with Gasteiger partial charge in [0.2, 0.25) is 0 Å². The number of halogens is 2. The van der Waals surface area contributed by atoms with Crippen molar-refractivity contribution in [3.05, 3.63) is 34.1 Å². The van der Waals surface area contributed by atoms with E-state index in [0.717, 1.165) is 6.07 Å². The number of rotatable bonds is 6. The van der Waals surface area contributed by atoms with Crippen LogP contribution in [0.15, 0.2) is 22.7 Å². The molecule has 0 aliphatic rings. The van der Waals surface area contributed by atoms with Crippen molar-refractivity contribution in [2.45, 2.75) is 0 Å². The first-order valence-corrected chi connectivity index (χ1v) is 6.98. The monoisotopic (exact) mass is 335 g/mol. The highest BCUT2D eigenvalue weighted by atomic mass is 79.9. The van der Waals surface area contributed by atoms with E-state index in [1.165, 1.54) is 23.9 Å². The van der Waals surface area contributed by atoms with Crippen molar-refractivity contribution in [2.75, 3.05) is 18.1 Å². The van der Waals surface area contributed by atoms with Gasteiger partial charge in [-0.1, -0.05) is 0 Å². The van der Waals surface area contributed by atoms with Crippen LogP contribution in [-0.4, -0.2) is 35.0 Å². The number of aliphatic carboxylic acids is 1. The van der Waals surface area contributed by atoms with E-state index in [-0.39, 0.29) is 11.3 Å². The second-order valence-corrected chi connectivity index (χ2v) is 5.29. The molecule has 1 aromatic rings. The van der Waals surface area contributed by atoms with Crippen LogP contribution >= 0.6 is 27.7 Å². The Morgan fingerprint density at radius 2 is 2.17 bits per heavy atom. The maximum atomic E-state index is 13.0. The number of carbonyl (C=O) groups is 2. The predicted molar refractivity (Wildman–Crippen MR) is 71.4 cm³/mol. The van der Waals surface area contributed by atoms with Gasteiger partial charge in [-0.15, -0.1) is 11.8 Å². The Labute approximate surface area is 116 Å². The molecule has 0 radical (unpaired) electrons. The molecule has 0 aliphatic carbocycles. The minimum atomic E-state index is -0.890.